The molecule has 0 aliphatic carbocycles. The van der Waals surface area contributed by atoms with Crippen LogP contribution in [0.15, 0.2) is 72.8 Å². The third-order valence-electron chi connectivity index (χ3n) is 5.92. The van der Waals surface area contributed by atoms with Gasteiger partial charge >= 0.3 is 0 Å². The number of aryl methyl sites for hydroxylation is 1. The lowest BCUT2D eigenvalue weighted by molar-refractivity contribution is -0.140. The van der Waals surface area contributed by atoms with Crippen LogP contribution in [0.2, 0.25) is 0 Å². The van der Waals surface area contributed by atoms with E-state index >= 15 is 0 Å². The quantitative estimate of drug-likeness (QED) is 0.462. The van der Waals surface area contributed by atoms with Crippen LogP contribution in [-0.4, -0.2) is 23.1 Å². The van der Waals surface area contributed by atoms with E-state index in [1.807, 2.05) is 31.2 Å². The van der Waals surface area contributed by atoms with Gasteiger partial charge in [-0.3, -0.25) is 9.59 Å². The standard InChI is InChI=1S/C27H26FNO3/c1-18-13-15-20(16-14-18)26(32-25-12-6-4-8-21(25)19(2)30)27(31)29-17-7-11-24(29)22-9-3-5-10-23(22)28/h3-6,8-10,12-16,24,26H,7,11,17H2,1-2H3. The topological polar surface area (TPSA) is 46.6 Å². The molecule has 2 atom stereocenters. The summed E-state index contributed by atoms with van der Waals surface area (Å²) in [5, 5.41) is 0. The van der Waals surface area contributed by atoms with E-state index in [1.54, 1.807) is 47.4 Å². The fourth-order valence-corrected chi connectivity index (χ4v) is 4.24. The molecule has 1 heterocycles. The van der Waals surface area contributed by atoms with E-state index in [9.17, 15) is 14.0 Å². The van der Waals surface area contributed by atoms with Gasteiger partial charge in [-0.15, -0.1) is 0 Å². The first-order chi connectivity index (χ1) is 15.5. The lowest BCUT2D eigenvalue weighted by Gasteiger charge is -2.30. The Morgan fingerprint density at radius 3 is 2.41 bits per heavy atom. The van der Waals surface area contributed by atoms with Crippen molar-refractivity contribution in [1.29, 1.82) is 0 Å². The summed E-state index contributed by atoms with van der Waals surface area (Å²) < 4.78 is 20.7. The van der Waals surface area contributed by atoms with E-state index in [0.717, 1.165) is 12.0 Å². The number of carbonyl (C=O) groups excluding carboxylic acids is 2. The molecule has 0 spiro atoms. The fourth-order valence-electron chi connectivity index (χ4n) is 4.24. The zero-order valence-corrected chi connectivity index (χ0v) is 18.3. The minimum Gasteiger partial charge on any atom is -0.475 e. The second-order valence-electron chi connectivity index (χ2n) is 8.17. The summed E-state index contributed by atoms with van der Waals surface area (Å²) in [6.07, 6.45) is 0.538. The Balaban J connectivity index is 1.71. The van der Waals surface area contributed by atoms with Crippen molar-refractivity contribution in [2.75, 3.05) is 6.54 Å². The molecule has 1 fully saturated rings. The number of halogens is 1. The van der Waals surface area contributed by atoms with Crippen LogP contribution in [0.4, 0.5) is 4.39 Å². The number of carbonyl (C=O) groups is 2. The molecular formula is C27H26FNO3. The van der Waals surface area contributed by atoms with Crippen molar-refractivity contribution in [2.45, 2.75) is 38.8 Å². The summed E-state index contributed by atoms with van der Waals surface area (Å²) in [5.41, 5.74) is 2.70. The SMILES string of the molecule is CC(=O)c1ccccc1OC(C(=O)N1CCCC1c1ccccc1F)c1ccc(C)cc1. The molecule has 0 aromatic heterocycles. The maximum atomic E-state index is 14.5. The molecule has 1 aliphatic heterocycles. The second kappa shape index (κ2) is 9.35. The number of hydrogen-bond acceptors (Lipinski definition) is 3. The summed E-state index contributed by atoms with van der Waals surface area (Å²) >= 11 is 0. The van der Waals surface area contributed by atoms with E-state index in [0.29, 0.717) is 35.4 Å². The van der Waals surface area contributed by atoms with Crippen LogP contribution in [0, 0.1) is 12.7 Å². The van der Waals surface area contributed by atoms with Gasteiger partial charge in [0.05, 0.1) is 11.6 Å². The van der Waals surface area contributed by atoms with Crippen LogP contribution < -0.4 is 4.74 Å². The van der Waals surface area contributed by atoms with Crippen LogP contribution in [0.5, 0.6) is 5.75 Å². The first-order valence-electron chi connectivity index (χ1n) is 10.8. The number of ether oxygens (including phenoxy) is 1. The molecule has 4 nitrogen and oxygen atoms in total. The molecule has 5 heteroatoms. The predicted molar refractivity (Wildman–Crippen MR) is 121 cm³/mol. The molecule has 3 aromatic rings. The molecule has 0 saturated carbocycles. The van der Waals surface area contributed by atoms with Gasteiger partial charge in [0.15, 0.2) is 5.78 Å². The molecule has 32 heavy (non-hydrogen) atoms. The van der Waals surface area contributed by atoms with Crippen molar-refractivity contribution in [3.63, 3.8) is 0 Å². The number of benzene rings is 3. The Kier molecular flexibility index (Phi) is 6.35. The van der Waals surface area contributed by atoms with Crippen LogP contribution in [0.3, 0.4) is 0 Å². The molecule has 0 N–H and O–H groups in total. The molecule has 2 unspecified atom stereocenters. The van der Waals surface area contributed by atoms with Crippen molar-refractivity contribution in [3.05, 3.63) is 101 Å². The van der Waals surface area contributed by atoms with Crippen LogP contribution >= 0.6 is 0 Å². The average molecular weight is 432 g/mol. The molecule has 1 aliphatic rings. The van der Waals surface area contributed by atoms with Gasteiger partial charge in [-0.2, -0.15) is 0 Å². The number of nitrogens with zero attached hydrogens (tertiary/aromatic N) is 1. The van der Waals surface area contributed by atoms with Gasteiger partial charge in [0.2, 0.25) is 6.10 Å². The molecule has 164 valence electrons. The summed E-state index contributed by atoms with van der Waals surface area (Å²) in [6, 6.07) is 20.8. The molecule has 0 radical (unpaired) electrons. The van der Waals surface area contributed by atoms with Crippen molar-refractivity contribution in [3.8, 4) is 5.75 Å². The monoisotopic (exact) mass is 431 g/mol. The van der Waals surface area contributed by atoms with E-state index in [4.69, 9.17) is 4.74 Å². The lowest BCUT2D eigenvalue weighted by Crippen LogP contribution is -2.37. The highest BCUT2D eigenvalue weighted by Crippen LogP contribution is 2.37. The Bertz CT molecular complexity index is 1130. The Labute approximate surface area is 187 Å². The molecular weight excluding hydrogens is 405 g/mol. The van der Waals surface area contributed by atoms with Gasteiger partial charge in [-0.05, 0) is 44.9 Å². The van der Waals surface area contributed by atoms with Gasteiger partial charge in [0.1, 0.15) is 11.6 Å². The number of likely N-dealkylation sites (tertiary alicyclic amines) is 1. The normalized spacial score (nSPS) is 16.6. The predicted octanol–water partition coefficient (Wildman–Crippen LogP) is 5.82. The zero-order chi connectivity index (χ0) is 22.7. The zero-order valence-electron chi connectivity index (χ0n) is 18.3. The van der Waals surface area contributed by atoms with E-state index in [-0.39, 0.29) is 23.5 Å². The number of rotatable bonds is 6. The van der Waals surface area contributed by atoms with Crippen molar-refractivity contribution in [2.24, 2.45) is 0 Å². The van der Waals surface area contributed by atoms with Crippen LogP contribution in [-0.2, 0) is 4.79 Å². The van der Waals surface area contributed by atoms with Crippen molar-refractivity contribution < 1.29 is 18.7 Å². The van der Waals surface area contributed by atoms with Gasteiger partial charge < -0.3 is 9.64 Å². The second-order valence-corrected chi connectivity index (χ2v) is 8.17. The Hall–Kier alpha value is -3.47. The summed E-state index contributed by atoms with van der Waals surface area (Å²) in [4.78, 5) is 27.6. The number of amides is 1. The molecule has 1 amide bonds. The first kappa shape index (κ1) is 21.8. The van der Waals surface area contributed by atoms with Gasteiger partial charge in [-0.25, -0.2) is 4.39 Å². The number of hydrogen-bond donors (Lipinski definition) is 0. The average Bonchev–Trinajstić information content (AvgIpc) is 3.28. The minimum absolute atomic E-state index is 0.138. The van der Waals surface area contributed by atoms with Gasteiger partial charge in [0.25, 0.3) is 5.91 Å². The highest BCUT2D eigenvalue weighted by Gasteiger charge is 2.37. The molecule has 1 saturated heterocycles. The third-order valence-corrected chi connectivity index (χ3v) is 5.92. The first-order valence-corrected chi connectivity index (χ1v) is 10.8. The number of Topliss-reactive ketones (excluding diaryl/α,β-unsaturated/α-hetero) is 1. The smallest absolute Gasteiger partial charge is 0.268 e. The summed E-state index contributed by atoms with van der Waals surface area (Å²) in [6.45, 7) is 3.97. The Morgan fingerprint density at radius 1 is 1.00 bits per heavy atom. The highest BCUT2D eigenvalue weighted by molar-refractivity contribution is 5.97. The number of ketones is 1. The summed E-state index contributed by atoms with van der Waals surface area (Å²) in [7, 11) is 0. The van der Waals surface area contributed by atoms with E-state index in [1.165, 1.54) is 13.0 Å². The van der Waals surface area contributed by atoms with E-state index in [2.05, 4.69) is 0 Å². The molecule has 4 rings (SSSR count). The van der Waals surface area contributed by atoms with Gasteiger partial charge in [-0.1, -0.05) is 60.2 Å². The molecule has 0 bridgehead atoms. The minimum atomic E-state index is -0.941. The maximum Gasteiger partial charge on any atom is 0.268 e. The summed E-state index contributed by atoms with van der Waals surface area (Å²) in [5.74, 6) is -0.327. The lowest BCUT2D eigenvalue weighted by atomic mass is 10.0. The fraction of sp³-hybridized carbons (Fsp3) is 0.259. The van der Waals surface area contributed by atoms with Crippen molar-refractivity contribution in [1.82, 2.24) is 4.90 Å². The number of para-hydroxylation sites is 1. The van der Waals surface area contributed by atoms with Crippen LogP contribution in [0.1, 0.15) is 59.0 Å². The maximum absolute atomic E-state index is 14.5. The Morgan fingerprint density at radius 2 is 1.69 bits per heavy atom. The third kappa shape index (κ3) is 4.42. The molecule has 3 aromatic carbocycles. The van der Waals surface area contributed by atoms with Gasteiger partial charge in [0, 0.05) is 17.7 Å². The highest BCUT2D eigenvalue weighted by atomic mass is 19.1. The van der Waals surface area contributed by atoms with Crippen molar-refractivity contribution >= 4 is 11.7 Å². The van der Waals surface area contributed by atoms with Crippen LogP contribution in [0.25, 0.3) is 0 Å². The largest absolute Gasteiger partial charge is 0.475 e. The van der Waals surface area contributed by atoms with E-state index < -0.39 is 6.10 Å².